The highest BCUT2D eigenvalue weighted by Gasteiger charge is 2.59. The normalized spacial score (nSPS) is 30.0. The Labute approximate surface area is 88.1 Å². The second-order valence-corrected chi connectivity index (χ2v) is 4.09. The summed E-state index contributed by atoms with van der Waals surface area (Å²) in [5, 5.41) is -0.279. The average Bonchev–Trinajstić information content (AvgIpc) is 2.94. The van der Waals surface area contributed by atoms with E-state index in [2.05, 4.69) is 0 Å². The van der Waals surface area contributed by atoms with Crippen molar-refractivity contribution < 1.29 is 4.79 Å². The van der Waals surface area contributed by atoms with E-state index >= 15 is 0 Å². The van der Waals surface area contributed by atoms with Gasteiger partial charge in [-0.05, 0) is 36.0 Å². The number of nitrogens with two attached hydrogens (primary N) is 1. The van der Waals surface area contributed by atoms with Gasteiger partial charge in [0.1, 0.15) is 0 Å². The van der Waals surface area contributed by atoms with Crippen molar-refractivity contribution >= 4 is 16.8 Å². The van der Waals surface area contributed by atoms with Gasteiger partial charge >= 0.3 is 0 Å². The molecule has 1 aromatic carbocycles. The molecule has 1 fully saturated rings. The van der Waals surface area contributed by atoms with Crippen LogP contribution in [0.1, 0.15) is 12.0 Å². The van der Waals surface area contributed by atoms with Crippen molar-refractivity contribution in [3.05, 3.63) is 35.9 Å². The minimum Gasteiger partial charge on any atom is -0.330 e. The van der Waals surface area contributed by atoms with Gasteiger partial charge < -0.3 is 5.73 Å². The summed E-state index contributed by atoms with van der Waals surface area (Å²) in [6, 6.07) is 9.65. The molecular weight excluding hydrogens is 198 g/mol. The molecule has 1 aliphatic rings. The van der Waals surface area contributed by atoms with Crippen LogP contribution in [-0.2, 0) is 10.2 Å². The van der Waals surface area contributed by atoms with E-state index < -0.39 is 5.41 Å². The summed E-state index contributed by atoms with van der Waals surface area (Å²) in [4.78, 5) is 11.4. The first-order valence-electron chi connectivity index (χ1n) is 4.67. The number of carbonyl (C=O) groups is 1. The van der Waals surface area contributed by atoms with Gasteiger partial charge in [0.2, 0.25) is 5.24 Å². The van der Waals surface area contributed by atoms with Gasteiger partial charge in [-0.25, -0.2) is 0 Å². The van der Waals surface area contributed by atoms with E-state index in [1.807, 2.05) is 30.3 Å². The van der Waals surface area contributed by atoms with Gasteiger partial charge in [-0.15, -0.1) is 0 Å². The number of rotatable bonds is 3. The maximum atomic E-state index is 11.4. The molecule has 0 aliphatic heterocycles. The molecule has 74 valence electrons. The lowest BCUT2D eigenvalue weighted by atomic mass is 9.95. The highest BCUT2D eigenvalue weighted by molar-refractivity contribution is 6.66. The number of carbonyl (C=O) groups excluding carboxylic acids is 1. The minimum absolute atomic E-state index is 0.217. The molecule has 2 rings (SSSR count). The fraction of sp³-hybridized carbons (Fsp3) is 0.364. The summed E-state index contributed by atoms with van der Waals surface area (Å²) >= 11 is 5.65. The lowest BCUT2D eigenvalue weighted by Crippen LogP contribution is -2.21. The molecule has 0 bridgehead atoms. The molecule has 1 aromatic rings. The molecule has 0 amide bonds. The quantitative estimate of drug-likeness (QED) is 0.770. The lowest BCUT2D eigenvalue weighted by molar-refractivity contribution is -0.114. The van der Waals surface area contributed by atoms with Crippen LogP contribution < -0.4 is 5.73 Å². The number of hydrogen-bond donors (Lipinski definition) is 1. The Balaban J connectivity index is 2.36. The van der Waals surface area contributed by atoms with Crippen LogP contribution in [0.15, 0.2) is 30.3 Å². The van der Waals surface area contributed by atoms with Gasteiger partial charge in [0.15, 0.2) is 0 Å². The molecule has 1 saturated carbocycles. The fourth-order valence-corrected chi connectivity index (χ4v) is 2.40. The summed E-state index contributed by atoms with van der Waals surface area (Å²) in [5.41, 5.74) is 6.08. The van der Waals surface area contributed by atoms with Crippen molar-refractivity contribution in [2.45, 2.75) is 11.8 Å². The van der Waals surface area contributed by atoms with E-state index in [9.17, 15) is 4.79 Å². The Morgan fingerprint density at radius 1 is 1.50 bits per heavy atom. The van der Waals surface area contributed by atoms with Crippen LogP contribution in [0.2, 0.25) is 0 Å². The molecular formula is C11H12ClNO. The van der Waals surface area contributed by atoms with Gasteiger partial charge in [-0.2, -0.15) is 0 Å². The van der Waals surface area contributed by atoms with Crippen LogP contribution in [0.4, 0.5) is 0 Å². The van der Waals surface area contributed by atoms with Gasteiger partial charge in [0, 0.05) is 0 Å². The third-order valence-electron chi connectivity index (χ3n) is 3.03. The summed E-state index contributed by atoms with van der Waals surface area (Å²) < 4.78 is 0. The fourth-order valence-electron chi connectivity index (χ4n) is 2.06. The second-order valence-electron chi connectivity index (χ2n) is 3.75. The number of benzene rings is 1. The SMILES string of the molecule is NCC1CC1(C(=O)Cl)c1ccccc1. The average molecular weight is 210 g/mol. The van der Waals surface area contributed by atoms with Crippen molar-refractivity contribution in [1.29, 1.82) is 0 Å². The van der Waals surface area contributed by atoms with Crippen LogP contribution in [0.25, 0.3) is 0 Å². The van der Waals surface area contributed by atoms with E-state index in [0.717, 1.165) is 12.0 Å². The number of halogens is 1. The maximum absolute atomic E-state index is 11.4. The zero-order chi connectivity index (χ0) is 10.2. The minimum atomic E-state index is -0.489. The summed E-state index contributed by atoms with van der Waals surface area (Å²) in [6.07, 6.45) is 0.788. The third-order valence-corrected chi connectivity index (χ3v) is 3.37. The molecule has 0 saturated heterocycles. The van der Waals surface area contributed by atoms with Crippen molar-refractivity contribution in [3.63, 3.8) is 0 Å². The van der Waals surface area contributed by atoms with Crippen LogP contribution >= 0.6 is 11.6 Å². The van der Waals surface area contributed by atoms with Crippen LogP contribution in [0, 0.1) is 5.92 Å². The second kappa shape index (κ2) is 3.37. The number of hydrogen-bond acceptors (Lipinski definition) is 2. The largest absolute Gasteiger partial charge is 0.330 e. The summed E-state index contributed by atoms with van der Waals surface area (Å²) in [7, 11) is 0. The monoisotopic (exact) mass is 209 g/mol. The van der Waals surface area contributed by atoms with Gasteiger partial charge in [-0.1, -0.05) is 30.3 Å². The van der Waals surface area contributed by atoms with E-state index in [-0.39, 0.29) is 11.2 Å². The molecule has 2 atom stereocenters. The highest BCUT2D eigenvalue weighted by atomic mass is 35.5. The Morgan fingerprint density at radius 2 is 2.14 bits per heavy atom. The van der Waals surface area contributed by atoms with Gasteiger partial charge in [0.05, 0.1) is 5.41 Å². The Hall–Kier alpha value is -0.860. The van der Waals surface area contributed by atoms with Gasteiger partial charge in [-0.3, -0.25) is 4.79 Å². The molecule has 3 heteroatoms. The zero-order valence-corrected chi connectivity index (χ0v) is 8.50. The first-order chi connectivity index (χ1) is 6.71. The van der Waals surface area contributed by atoms with Crippen molar-refractivity contribution in [3.8, 4) is 0 Å². The standard InChI is InChI=1S/C11H12ClNO/c12-10(14)11(6-9(11)7-13)8-4-2-1-3-5-8/h1-5,9H,6-7,13H2. The smallest absolute Gasteiger partial charge is 0.232 e. The molecule has 0 heterocycles. The third kappa shape index (κ3) is 1.26. The molecule has 0 radical (unpaired) electrons. The summed E-state index contributed by atoms with van der Waals surface area (Å²) in [5.74, 6) is 0.217. The first-order valence-corrected chi connectivity index (χ1v) is 5.05. The lowest BCUT2D eigenvalue weighted by Gasteiger charge is -2.11. The van der Waals surface area contributed by atoms with E-state index in [1.165, 1.54) is 0 Å². The van der Waals surface area contributed by atoms with Crippen molar-refractivity contribution in [1.82, 2.24) is 0 Å². The molecule has 1 aliphatic carbocycles. The van der Waals surface area contributed by atoms with E-state index in [0.29, 0.717) is 6.54 Å². The highest BCUT2D eigenvalue weighted by Crippen LogP contribution is 2.55. The first kappa shape index (κ1) is 9.69. The molecule has 2 N–H and O–H groups in total. The van der Waals surface area contributed by atoms with Crippen LogP contribution in [-0.4, -0.2) is 11.8 Å². The maximum Gasteiger partial charge on any atom is 0.232 e. The van der Waals surface area contributed by atoms with Crippen molar-refractivity contribution in [2.75, 3.05) is 6.54 Å². The van der Waals surface area contributed by atoms with E-state index in [1.54, 1.807) is 0 Å². The molecule has 14 heavy (non-hydrogen) atoms. The Morgan fingerprint density at radius 3 is 2.57 bits per heavy atom. The zero-order valence-electron chi connectivity index (χ0n) is 7.74. The molecule has 0 spiro atoms. The molecule has 2 nitrogen and oxygen atoms in total. The Bertz CT molecular complexity index is 352. The van der Waals surface area contributed by atoms with Gasteiger partial charge in [0.25, 0.3) is 0 Å². The molecule has 2 unspecified atom stereocenters. The van der Waals surface area contributed by atoms with Crippen LogP contribution in [0.3, 0.4) is 0 Å². The Kier molecular flexibility index (Phi) is 2.33. The predicted molar refractivity (Wildman–Crippen MR) is 56.1 cm³/mol. The predicted octanol–water partition coefficient (Wildman–Crippen LogP) is 1.67. The van der Waals surface area contributed by atoms with Crippen molar-refractivity contribution in [2.24, 2.45) is 11.7 Å². The molecule has 0 aromatic heterocycles. The summed E-state index contributed by atoms with van der Waals surface area (Å²) in [6.45, 7) is 0.521. The van der Waals surface area contributed by atoms with E-state index in [4.69, 9.17) is 17.3 Å². The van der Waals surface area contributed by atoms with Crippen LogP contribution in [0.5, 0.6) is 0 Å². The topological polar surface area (TPSA) is 43.1 Å².